The van der Waals surface area contributed by atoms with Gasteiger partial charge in [-0.25, -0.2) is 0 Å². The zero-order valence-electron chi connectivity index (χ0n) is 9.81. The van der Waals surface area contributed by atoms with Gasteiger partial charge in [-0.05, 0) is 0 Å². The Kier molecular flexibility index (Phi) is 48.8. The van der Waals surface area contributed by atoms with Crippen molar-refractivity contribution in [1.82, 2.24) is 0 Å². The quantitative estimate of drug-likeness (QED) is 0.554. The van der Waals surface area contributed by atoms with E-state index < -0.39 is 18.3 Å². The molecule has 0 aliphatic heterocycles. The first-order chi connectivity index (χ1) is 5.20. The Balaban J connectivity index is -0.0000000270. The van der Waals surface area contributed by atoms with E-state index in [0.29, 0.717) is 0 Å². The predicted molar refractivity (Wildman–Crippen MR) is 46.1 cm³/mol. The topological polar surface area (TPSA) is 97.7 Å². The summed E-state index contributed by atoms with van der Waals surface area (Å²) in [6, 6.07) is 0. The minimum Gasteiger partial charge on any atom is -2.00 e. The molecule has 0 spiro atoms. The second-order valence-corrected chi connectivity index (χ2v) is 3.15. The molecule has 0 aromatic heterocycles. The fraction of sp³-hybridized carbons (Fsp3) is 1.00. The van der Waals surface area contributed by atoms with Gasteiger partial charge in [0.25, 0.3) is 0 Å². The maximum Gasteiger partial charge on any atom is 5.00 e. The van der Waals surface area contributed by atoms with Gasteiger partial charge in [0.15, 0.2) is 0 Å². The molecule has 0 unspecified atom stereocenters. The van der Waals surface area contributed by atoms with E-state index in [9.17, 15) is 15.3 Å². The van der Waals surface area contributed by atoms with Crippen molar-refractivity contribution in [1.29, 1.82) is 0 Å². The first-order valence-corrected chi connectivity index (χ1v) is 4.17. The van der Waals surface area contributed by atoms with Crippen LogP contribution < -0.4 is 15.3 Å². The fourth-order valence-electron chi connectivity index (χ4n) is 0. The van der Waals surface area contributed by atoms with E-state index in [4.69, 9.17) is 0 Å². The normalized spacial score (nSPS) is 7.71. The van der Waals surface area contributed by atoms with E-state index in [1.54, 1.807) is 41.5 Å². The summed E-state index contributed by atoms with van der Waals surface area (Å²) in [6.45, 7) is 9.67. The third-order valence-electron chi connectivity index (χ3n) is 0. The van der Waals surface area contributed by atoms with Crippen LogP contribution in [0.2, 0.25) is 0 Å². The van der Waals surface area contributed by atoms with Gasteiger partial charge in [0.2, 0.25) is 0 Å². The maximum absolute atomic E-state index is 9.53. The molecule has 0 bridgehead atoms. The monoisotopic (exact) mass is 244 g/mol. The van der Waals surface area contributed by atoms with Crippen molar-refractivity contribution in [2.75, 3.05) is 0 Å². The van der Waals surface area contributed by atoms with Gasteiger partial charge in [-0.15, -0.1) is 18.3 Å². The Labute approximate surface area is 99.5 Å². The van der Waals surface area contributed by atoms with Gasteiger partial charge in [0.1, 0.15) is 0 Å². The number of rotatable bonds is 0. The Bertz CT molecular complexity index is 45.3. The molecule has 86 valence electrons. The molecule has 4 nitrogen and oxygen atoms in total. The van der Waals surface area contributed by atoms with Crippen LogP contribution in [0.3, 0.4) is 0 Å². The van der Waals surface area contributed by atoms with Crippen LogP contribution in [0.15, 0.2) is 0 Å². The molecule has 0 aromatic rings. The third kappa shape index (κ3) is 9000. The van der Waals surface area contributed by atoms with Crippen molar-refractivity contribution in [2.45, 2.75) is 59.9 Å². The van der Waals surface area contributed by atoms with E-state index in [-0.39, 0.29) is 24.0 Å². The number of hydrogen-bond donors (Lipinski definition) is 0. The van der Waals surface area contributed by atoms with Gasteiger partial charge >= 0.3 is 18.6 Å². The summed E-state index contributed by atoms with van der Waals surface area (Å²) in [6.07, 6.45) is -1.25. The van der Waals surface area contributed by atoms with Gasteiger partial charge in [-0.2, -0.15) is 0 Å². The Hall–Kier alpha value is 0.424. The van der Waals surface area contributed by atoms with Crippen molar-refractivity contribution in [2.24, 2.45) is 0 Å². The molecule has 0 aliphatic rings. The van der Waals surface area contributed by atoms with Crippen LogP contribution in [0.4, 0.5) is 0 Å². The summed E-state index contributed by atoms with van der Waals surface area (Å²) in [5.74, 6) is 0. The smallest absolute Gasteiger partial charge is 2.00 e. The van der Waals surface area contributed by atoms with E-state index in [2.05, 4.69) is 0 Å². The predicted octanol–water partition coefficient (Wildman–Crippen LogP) is -0.856. The second kappa shape index (κ2) is 23.3. The van der Waals surface area contributed by atoms with Gasteiger partial charge in [-0.3, -0.25) is 0 Å². The molecule has 0 heterocycles. The molecule has 0 saturated heterocycles. The molecule has 0 rings (SSSR count). The zero-order chi connectivity index (χ0) is 10.7. The van der Waals surface area contributed by atoms with E-state index >= 15 is 0 Å². The fourth-order valence-corrected chi connectivity index (χ4v) is 0. The van der Waals surface area contributed by atoms with Gasteiger partial charge in [0.05, 0.1) is 0 Å². The summed E-state index contributed by atoms with van der Waals surface area (Å²) in [4.78, 5) is 0. The molecular formula is C9H21O4V. The molecule has 0 saturated carbocycles. The van der Waals surface area contributed by atoms with E-state index in [0.717, 1.165) is 0 Å². The molecule has 0 aromatic carbocycles. The van der Waals surface area contributed by atoms with Crippen LogP contribution in [0.25, 0.3) is 0 Å². The van der Waals surface area contributed by atoms with Crippen LogP contribution in [0, 0.1) is 0 Å². The van der Waals surface area contributed by atoms with Crippen LogP contribution >= 0.6 is 0 Å². The largest absolute Gasteiger partial charge is 5.00 e. The Morgan fingerprint density at radius 3 is 0.571 bits per heavy atom. The first-order valence-electron chi connectivity index (χ1n) is 4.17. The van der Waals surface area contributed by atoms with Crippen LogP contribution in [0.1, 0.15) is 41.5 Å². The van der Waals surface area contributed by atoms with Crippen LogP contribution in [0.5, 0.6) is 0 Å². The van der Waals surface area contributed by atoms with E-state index in [1.807, 2.05) is 0 Å². The maximum atomic E-state index is 9.53. The van der Waals surface area contributed by atoms with Gasteiger partial charge < -0.3 is 20.8 Å². The van der Waals surface area contributed by atoms with E-state index in [1.165, 1.54) is 0 Å². The standard InChI is InChI=1S/3C3H7O.O.V/c3*1-3(2)4;;/h3*3H,1-2H3;;/q3*-1;-2;+5. The molecule has 5 heteroatoms. The molecule has 0 N–H and O–H groups in total. The van der Waals surface area contributed by atoms with Gasteiger partial charge in [0, 0.05) is 0 Å². The minimum atomic E-state index is -0.417. The average molecular weight is 244 g/mol. The SMILES string of the molecule is CC(C)[O-].CC(C)[O-].CC(C)[O-].[O-2].[V+5]. The molecule has 0 fully saturated rings. The van der Waals surface area contributed by atoms with Crippen molar-refractivity contribution >= 4 is 0 Å². The summed E-state index contributed by atoms with van der Waals surface area (Å²) >= 11 is 0. The zero-order valence-corrected chi connectivity index (χ0v) is 11.2. The third-order valence-corrected chi connectivity index (χ3v) is 0. The first kappa shape index (κ1) is 29.3. The summed E-state index contributed by atoms with van der Waals surface area (Å²) < 4.78 is 0. The molecule has 0 atom stereocenters. The minimum absolute atomic E-state index is 0. The molecular weight excluding hydrogens is 223 g/mol. The van der Waals surface area contributed by atoms with Crippen molar-refractivity contribution < 1.29 is 39.4 Å². The van der Waals surface area contributed by atoms with Crippen molar-refractivity contribution in [3.8, 4) is 0 Å². The molecule has 0 radical (unpaired) electrons. The summed E-state index contributed by atoms with van der Waals surface area (Å²) in [7, 11) is 0. The van der Waals surface area contributed by atoms with Gasteiger partial charge in [-0.1, -0.05) is 41.5 Å². The summed E-state index contributed by atoms with van der Waals surface area (Å²) in [5, 5.41) is 28.6. The molecule has 14 heavy (non-hydrogen) atoms. The number of hydrogen-bond acceptors (Lipinski definition) is 3. The Morgan fingerprint density at radius 1 is 0.571 bits per heavy atom. The Morgan fingerprint density at radius 2 is 0.571 bits per heavy atom. The van der Waals surface area contributed by atoms with Crippen LogP contribution in [-0.4, -0.2) is 18.3 Å². The average Bonchev–Trinajstić information content (AvgIpc) is 1.54. The van der Waals surface area contributed by atoms with Crippen molar-refractivity contribution in [3.63, 3.8) is 0 Å². The summed E-state index contributed by atoms with van der Waals surface area (Å²) in [5.41, 5.74) is 0. The van der Waals surface area contributed by atoms with Crippen molar-refractivity contribution in [3.05, 3.63) is 0 Å². The van der Waals surface area contributed by atoms with Crippen LogP contribution in [-0.2, 0) is 24.0 Å². The second-order valence-electron chi connectivity index (χ2n) is 3.15. The molecule has 0 aliphatic carbocycles. The molecule has 0 amide bonds.